The highest BCUT2D eigenvalue weighted by molar-refractivity contribution is 5.95. The minimum absolute atomic E-state index is 0.0858. The third kappa shape index (κ3) is 6.03. The van der Waals surface area contributed by atoms with Crippen LogP contribution in [0.25, 0.3) is 0 Å². The molecular weight excluding hydrogens is 356 g/mol. The molecule has 0 radical (unpaired) electrons. The summed E-state index contributed by atoms with van der Waals surface area (Å²) < 4.78 is 0. The third-order valence-electron chi connectivity index (χ3n) is 5.19. The van der Waals surface area contributed by atoms with Gasteiger partial charge in [0.1, 0.15) is 0 Å². The fraction of sp³-hybridized carbons (Fsp3) is 0.269. The van der Waals surface area contributed by atoms with Crippen molar-refractivity contribution in [2.24, 2.45) is 5.73 Å². The number of hydrogen-bond acceptors (Lipinski definition) is 2. The van der Waals surface area contributed by atoms with Crippen LogP contribution in [-0.2, 0) is 19.4 Å². The van der Waals surface area contributed by atoms with Crippen molar-refractivity contribution in [1.29, 1.82) is 0 Å². The summed E-state index contributed by atoms with van der Waals surface area (Å²) in [6.45, 7) is 3.92. The lowest BCUT2D eigenvalue weighted by molar-refractivity contribution is 0.0741. The zero-order chi connectivity index (χ0) is 20.5. The van der Waals surface area contributed by atoms with Crippen molar-refractivity contribution in [3.8, 4) is 0 Å². The molecular formula is C26H30N2O. The smallest absolute Gasteiger partial charge is 0.254 e. The maximum absolute atomic E-state index is 13.4. The molecule has 0 atom stereocenters. The van der Waals surface area contributed by atoms with E-state index in [1.54, 1.807) is 0 Å². The average molecular weight is 387 g/mol. The van der Waals surface area contributed by atoms with E-state index in [-0.39, 0.29) is 5.91 Å². The van der Waals surface area contributed by atoms with E-state index in [1.807, 2.05) is 29.2 Å². The summed E-state index contributed by atoms with van der Waals surface area (Å²) in [6.07, 6.45) is 2.57. The number of benzene rings is 3. The highest BCUT2D eigenvalue weighted by atomic mass is 16.2. The molecule has 29 heavy (non-hydrogen) atoms. The molecule has 0 heterocycles. The molecule has 2 N–H and O–H groups in total. The lowest BCUT2D eigenvalue weighted by Crippen LogP contribution is -2.33. The van der Waals surface area contributed by atoms with Crippen LogP contribution < -0.4 is 5.73 Å². The Morgan fingerprint density at radius 1 is 0.828 bits per heavy atom. The van der Waals surface area contributed by atoms with Gasteiger partial charge in [0.25, 0.3) is 5.91 Å². The Morgan fingerprint density at radius 2 is 1.52 bits per heavy atom. The van der Waals surface area contributed by atoms with Gasteiger partial charge in [0, 0.05) is 18.7 Å². The van der Waals surface area contributed by atoms with Crippen LogP contribution in [0, 0.1) is 6.92 Å². The van der Waals surface area contributed by atoms with E-state index in [2.05, 4.69) is 61.5 Å². The summed E-state index contributed by atoms with van der Waals surface area (Å²) in [6, 6.07) is 26.8. The van der Waals surface area contributed by atoms with Crippen molar-refractivity contribution in [3.63, 3.8) is 0 Å². The molecule has 0 aliphatic rings. The molecule has 1 amide bonds. The number of aryl methyl sites for hydroxylation is 3. The fourth-order valence-corrected chi connectivity index (χ4v) is 3.49. The molecule has 0 aliphatic carbocycles. The molecule has 3 aromatic carbocycles. The molecule has 0 saturated carbocycles. The molecule has 0 fully saturated rings. The summed E-state index contributed by atoms with van der Waals surface area (Å²) in [7, 11) is 0. The number of carbonyl (C=O) groups is 1. The van der Waals surface area contributed by atoms with Gasteiger partial charge in [-0.2, -0.15) is 0 Å². The van der Waals surface area contributed by atoms with Crippen LogP contribution in [-0.4, -0.2) is 23.9 Å². The Hall–Kier alpha value is -2.91. The van der Waals surface area contributed by atoms with Gasteiger partial charge in [0.15, 0.2) is 0 Å². The molecule has 3 aromatic rings. The Morgan fingerprint density at radius 3 is 2.24 bits per heavy atom. The van der Waals surface area contributed by atoms with Crippen LogP contribution in [0.4, 0.5) is 0 Å². The molecule has 3 heteroatoms. The molecule has 0 saturated heterocycles. The Bertz CT molecular complexity index is 904. The minimum Gasteiger partial charge on any atom is -0.334 e. The maximum atomic E-state index is 13.4. The highest BCUT2D eigenvalue weighted by Crippen LogP contribution is 2.17. The number of hydrogen-bond donors (Lipinski definition) is 1. The van der Waals surface area contributed by atoms with Gasteiger partial charge in [-0.3, -0.25) is 4.79 Å². The highest BCUT2D eigenvalue weighted by Gasteiger charge is 2.18. The lowest BCUT2D eigenvalue weighted by atomic mass is 9.98. The fourth-order valence-electron chi connectivity index (χ4n) is 3.49. The first-order valence-corrected chi connectivity index (χ1v) is 10.3. The van der Waals surface area contributed by atoms with E-state index >= 15 is 0 Å². The second-order valence-electron chi connectivity index (χ2n) is 7.50. The van der Waals surface area contributed by atoms with Gasteiger partial charge in [-0.05, 0) is 55.5 Å². The molecule has 3 nitrogen and oxygen atoms in total. The second kappa shape index (κ2) is 10.6. The summed E-state index contributed by atoms with van der Waals surface area (Å²) in [5, 5.41) is 0. The first-order chi connectivity index (χ1) is 14.2. The molecule has 3 rings (SSSR count). The van der Waals surface area contributed by atoms with Crippen LogP contribution in [0.2, 0.25) is 0 Å². The van der Waals surface area contributed by atoms with Gasteiger partial charge in [-0.25, -0.2) is 0 Å². The standard InChI is InChI=1S/C26H30N2O/c1-21-12-14-23(15-13-21)20-28(19-7-18-27)26(29)25-11-6-5-10-24(25)17-16-22-8-3-2-4-9-22/h2-6,8-15H,7,16-20,27H2,1H3. The Labute approximate surface area is 174 Å². The van der Waals surface area contributed by atoms with Crippen molar-refractivity contribution in [1.82, 2.24) is 4.90 Å². The normalized spacial score (nSPS) is 10.7. The van der Waals surface area contributed by atoms with Crippen molar-refractivity contribution < 1.29 is 4.79 Å². The lowest BCUT2D eigenvalue weighted by Gasteiger charge is -2.24. The second-order valence-corrected chi connectivity index (χ2v) is 7.50. The number of nitrogens with two attached hydrogens (primary N) is 1. The maximum Gasteiger partial charge on any atom is 0.254 e. The van der Waals surface area contributed by atoms with Crippen molar-refractivity contribution in [3.05, 3.63) is 107 Å². The van der Waals surface area contributed by atoms with Crippen LogP contribution >= 0.6 is 0 Å². The number of nitrogens with zero attached hydrogens (tertiary/aromatic N) is 1. The van der Waals surface area contributed by atoms with E-state index < -0.39 is 0 Å². The first-order valence-electron chi connectivity index (χ1n) is 10.3. The topological polar surface area (TPSA) is 46.3 Å². The van der Waals surface area contributed by atoms with Gasteiger partial charge in [0.2, 0.25) is 0 Å². The molecule has 0 aliphatic heterocycles. The predicted molar refractivity (Wildman–Crippen MR) is 120 cm³/mol. The van der Waals surface area contributed by atoms with Gasteiger partial charge in [-0.1, -0.05) is 78.4 Å². The van der Waals surface area contributed by atoms with E-state index in [4.69, 9.17) is 5.73 Å². The van der Waals surface area contributed by atoms with Gasteiger partial charge in [-0.15, -0.1) is 0 Å². The van der Waals surface area contributed by atoms with E-state index in [1.165, 1.54) is 11.1 Å². The molecule has 0 unspecified atom stereocenters. The molecule has 0 aromatic heterocycles. The van der Waals surface area contributed by atoms with Gasteiger partial charge < -0.3 is 10.6 Å². The van der Waals surface area contributed by atoms with E-state index in [9.17, 15) is 4.79 Å². The molecule has 0 bridgehead atoms. The van der Waals surface area contributed by atoms with Gasteiger partial charge >= 0.3 is 0 Å². The third-order valence-corrected chi connectivity index (χ3v) is 5.19. The minimum atomic E-state index is 0.0858. The number of amides is 1. The van der Waals surface area contributed by atoms with Crippen molar-refractivity contribution >= 4 is 5.91 Å². The van der Waals surface area contributed by atoms with E-state index in [0.29, 0.717) is 19.6 Å². The van der Waals surface area contributed by atoms with E-state index in [0.717, 1.165) is 36.0 Å². The SMILES string of the molecule is Cc1ccc(CN(CCCN)C(=O)c2ccccc2CCc2ccccc2)cc1. The average Bonchev–Trinajstić information content (AvgIpc) is 2.77. The largest absolute Gasteiger partial charge is 0.334 e. The zero-order valence-corrected chi connectivity index (χ0v) is 17.2. The molecule has 150 valence electrons. The van der Waals surface area contributed by atoms with Crippen molar-refractivity contribution in [2.75, 3.05) is 13.1 Å². The van der Waals surface area contributed by atoms with Crippen LogP contribution in [0.3, 0.4) is 0 Å². The van der Waals surface area contributed by atoms with Crippen LogP contribution in [0.5, 0.6) is 0 Å². The Kier molecular flexibility index (Phi) is 7.60. The number of carbonyl (C=O) groups excluding carboxylic acids is 1. The number of rotatable bonds is 9. The summed E-state index contributed by atoms with van der Waals surface area (Å²) in [5.41, 5.74) is 11.3. The predicted octanol–water partition coefficient (Wildman–Crippen LogP) is 4.77. The zero-order valence-electron chi connectivity index (χ0n) is 17.2. The monoisotopic (exact) mass is 386 g/mol. The Balaban J connectivity index is 1.78. The summed E-state index contributed by atoms with van der Waals surface area (Å²) >= 11 is 0. The van der Waals surface area contributed by atoms with Crippen molar-refractivity contribution in [2.45, 2.75) is 32.7 Å². The first kappa shape index (κ1) is 20.8. The quantitative estimate of drug-likeness (QED) is 0.576. The molecule has 0 spiro atoms. The summed E-state index contributed by atoms with van der Waals surface area (Å²) in [5.74, 6) is 0.0858. The van der Waals surface area contributed by atoms with Crippen LogP contribution in [0.1, 0.15) is 39.0 Å². The van der Waals surface area contributed by atoms with Crippen LogP contribution in [0.15, 0.2) is 78.9 Å². The summed E-state index contributed by atoms with van der Waals surface area (Å²) in [4.78, 5) is 15.4. The van der Waals surface area contributed by atoms with Gasteiger partial charge in [0.05, 0.1) is 0 Å².